The average molecular weight is 340 g/mol. The van der Waals surface area contributed by atoms with Crippen LogP contribution in [0.1, 0.15) is 38.1 Å². The fourth-order valence-electron chi connectivity index (χ4n) is 2.50. The molecule has 0 aliphatic carbocycles. The van der Waals surface area contributed by atoms with Gasteiger partial charge in [0.25, 0.3) is 5.91 Å². The molecule has 0 aliphatic heterocycles. The van der Waals surface area contributed by atoms with Crippen molar-refractivity contribution in [3.05, 3.63) is 29.8 Å². The molecule has 5 nitrogen and oxygen atoms in total. The van der Waals surface area contributed by atoms with Crippen LogP contribution in [0.4, 0.5) is 0 Å². The Morgan fingerprint density at radius 1 is 1.26 bits per heavy atom. The van der Waals surface area contributed by atoms with E-state index in [1.165, 1.54) is 6.07 Å². The summed E-state index contributed by atoms with van der Waals surface area (Å²) in [6.45, 7) is 8.48. The van der Waals surface area contributed by atoms with Crippen LogP contribution < -0.4 is 5.32 Å². The minimum absolute atomic E-state index is 0.0288. The van der Waals surface area contributed by atoms with Gasteiger partial charge in [0.2, 0.25) is 0 Å². The molecule has 0 bridgehead atoms. The molecule has 1 amide bonds. The molecular weight excluding hydrogens is 312 g/mol. The first-order valence-electron chi connectivity index (χ1n) is 7.78. The highest BCUT2D eigenvalue weighted by Crippen LogP contribution is 2.23. The topological polar surface area (TPSA) is 66.5 Å². The molecule has 6 heteroatoms. The summed E-state index contributed by atoms with van der Waals surface area (Å²) in [5.74, 6) is -0.379. The van der Waals surface area contributed by atoms with Gasteiger partial charge in [0.15, 0.2) is 9.84 Å². The van der Waals surface area contributed by atoms with Crippen LogP contribution in [-0.4, -0.2) is 51.7 Å². The van der Waals surface area contributed by atoms with Crippen molar-refractivity contribution in [1.82, 2.24) is 10.2 Å². The fourth-order valence-corrected chi connectivity index (χ4v) is 3.60. The minimum atomic E-state index is -3.43. The number of benzene rings is 1. The van der Waals surface area contributed by atoms with Crippen molar-refractivity contribution in [2.24, 2.45) is 5.41 Å². The second-order valence-electron chi connectivity index (χ2n) is 6.82. The maximum Gasteiger partial charge on any atom is 0.252 e. The van der Waals surface area contributed by atoms with Gasteiger partial charge in [-0.3, -0.25) is 4.79 Å². The Bertz CT molecular complexity index is 652. The lowest BCUT2D eigenvalue weighted by atomic mass is 9.84. The quantitative estimate of drug-likeness (QED) is 0.826. The number of sulfone groups is 1. The number of carbonyl (C=O) groups is 1. The maximum atomic E-state index is 12.6. The van der Waals surface area contributed by atoms with Crippen molar-refractivity contribution >= 4 is 15.7 Å². The van der Waals surface area contributed by atoms with Gasteiger partial charge in [-0.15, -0.1) is 0 Å². The van der Waals surface area contributed by atoms with Crippen LogP contribution >= 0.6 is 0 Å². The SMILES string of the molecule is CCS(=O)(=O)c1ccccc1C(=O)N[C@@H](C)C(C)(C)CN(C)C. The van der Waals surface area contributed by atoms with Crippen LogP contribution in [0.3, 0.4) is 0 Å². The molecule has 0 heterocycles. The van der Waals surface area contributed by atoms with Crippen LogP contribution in [0.25, 0.3) is 0 Å². The van der Waals surface area contributed by atoms with E-state index in [4.69, 9.17) is 0 Å². The zero-order chi connectivity index (χ0) is 17.8. The zero-order valence-electron chi connectivity index (χ0n) is 14.9. The molecule has 1 aromatic carbocycles. The van der Waals surface area contributed by atoms with Crippen molar-refractivity contribution in [2.45, 2.75) is 38.6 Å². The van der Waals surface area contributed by atoms with E-state index in [1.54, 1.807) is 25.1 Å². The Morgan fingerprint density at radius 2 is 1.83 bits per heavy atom. The van der Waals surface area contributed by atoms with Crippen molar-refractivity contribution < 1.29 is 13.2 Å². The van der Waals surface area contributed by atoms with Gasteiger partial charge < -0.3 is 10.2 Å². The van der Waals surface area contributed by atoms with Crippen LogP contribution in [0.2, 0.25) is 0 Å². The third-order valence-corrected chi connectivity index (χ3v) is 5.88. The maximum absolute atomic E-state index is 12.6. The molecule has 0 saturated heterocycles. The predicted molar refractivity (Wildman–Crippen MR) is 93.4 cm³/mol. The molecule has 0 saturated carbocycles. The highest BCUT2D eigenvalue weighted by molar-refractivity contribution is 7.91. The average Bonchev–Trinajstić information content (AvgIpc) is 2.45. The summed E-state index contributed by atoms with van der Waals surface area (Å²) < 4.78 is 24.3. The first-order chi connectivity index (χ1) is 10.5. The van der Waals surface area contributed by atoms with E-state index in [2.05, 4.69) is 24.1 Å². The third-order valence-electron chi connectivity index (χ3n) is 4.09. The fraction of sp³-hybridized carbons (Fsp3) is 0.588. The number of rotatable bonds is 7. The van der Waals surface area contributed by atoms with Gasteiger partial charge in [-0.05, 0) is 38.6 Å². The Balaban J connectivity index is 3.04. The van der Waals surface area contributed by atoms with Gasteiger partial charge in [0, 0.05) is 12.6 Å². The largest absolute Gasteiger partial charge is 0.349 e. The van der Waals surface area contributed by atoms with Crippen molar-refractivity contribution in [1.29, 1.82) is 0 Å². The van der Waals surface area contributed by atoms with Gasteiger partial charge in [-0.2, -0.15) is 0 Å². The van der Waals surface area contributed by atoms with E-state index >= 15 is 0 Å². The molecule has 1 atom stereocenters. The van der Waals surface area contributed by atoms with E-state index in [0.29, 0.717) is 0 Å². The number of carbonyl (C=O) groups excluding carboxylic acids is 1. The van der Waals surface area contributed by atoms with Crippen LogP contribution in [0, 0.1) is 5.41 Å². The second-order valence-corrected chi connectivity index (χ2v) is 9.07. The lowest BCUT2D eigenvalue weighted by molar-refractivity contribution is 0.0882. The van der Waals surface area contributed by atoms with Crippen LogP contribution in [0.15, 0.2) is 29.2 Å². The van der Waals surface area contributed by atoms with Gasteiger partial charge in [-0.1, -0.05) is 32.9 Å². The Kier molecular flexibility index (Phi) is 6.36. The lowest BCUT2D eigenvalue weighted by Gasteiger charge is -2.35. The molecule has 1 aromatic rings. The highest BCUT2D eigenvalue weighted by Gasteiger charge is 2.29. The Labute approximate surface area is 140 Å². The number of nitrogens with zero attached hydrogens (tertiary/aromatic N) is 1. The number of hydrogen-bond donors (Lipinski definition) is 1. The van der Waals surface area contributed by atoms with Gasteiger partial charge in [-0.25, -0.2) is 8.42 Å². The standard InChI is InChI=1S/C17H28N2O3S/c1-7-23(21,22)15-11-9-8-10-14(15)16(20)18-13(2)17(3,4)12-19(5)6/h8-11,13H,7,12H2,1-6H3,(H,18,20)/t13-/m0/s1. The lowest BCUT2D eigenvalue weighted by Crippen LogP contribution is -2.47. The number of hydrogen-bond acceptors (Lipinski definition) is 4. The highest BCUT2D eigenvalue weighted by atomic mass is 32.2. The monoisotopic (exact) mass is 340 g/mol. The van der Waals surface area contributed by atoms with Gasteiger partial charge in [0.1, 0.15) is 0 Å². The van der Waals surface area contributed by atoms with Gasteiger partial charge in [0.05, 0.1) is 16.2 Å². The molecule has 23 heavy (non-hydrogen) atoms. The molecule has 0 fully saturated rings. The van der Waals surface area contributed by atoms with E-state index < -0.39 is 9.84 Å². The first-order valence-corrected chi connectivity index (χ1v) is 9.44. The Morgan fingerprint density at radius 3 is 2.35 bits per heavy atom. The van der Waals surface area contributed by atoms with Crippen molar-refractivity contribution in [3.8, 4) is 0 Å². The molecular formula is C17H28N2O3S. The first kappa shape index (κ1) is 19.6. The van der Waals surface area contributed by atoms with Crippen LogP contribution in [0.5, 0.6) is 0 Å². The van der Waals surface area contributed by atoms with E-state index in [1.807, 2.05) is 21.0 Å². The summed E-state index contributed by atoms with van der Waals surface area (Å²) >= 11 is 0. The molecule has 0 radical (unpaired) electrons. The number of amides is 1. The molecule has 0 aliphatic rings. The molecule has 1 N–H and O–H groups in total. The van der Waals surface area contributed by atoms with Crippen LogP contribution in [-0.2, 0) is 9.84 Å². The predicted octanol–water partition coefficient (Wildman–Crippen LogP) is 2.19. The summed E-state index contributed by atoms with van der Waals surface area (Å²) in [6, 6.07) is 6.26. The second kappa shape index (κ2) is 7.45. The summed E-state index contributed by atoms with van der Waals surface area (Å²) in [5, 5.41) is 2.95. The smallest absolute Gasteiger partial charge is 0.252 e. The van der Waals surface area contributed by atoms with Crippen molar-refractivity contribution in [3.63, 3.8) is 0 Å². The van der Waals surface area contributed by atoms with E-state index in [0.717, 1.165) is 6.54 Å². The molecule has 0 aromatic heterocycles. The van der Waals surface area contributed by atoms with E-state index in [9.17, 15) is 13.2 Å². The third kappa shape index (κ3) is 5.04. The normalized spacial score (nSPS) is 13.9. The zero-order valence-corrected chi connectivity index (χ0v) is 15.7. The molecule has 130 valence electrons. The Hall–Kier alpha value is -1.40. The summed E-state index contributed by atoms with van der Waals surface area (Å²) in [4.78, 5) is 14.7. The van der Waals surface area contributed by atoms with Crippen molar-refractivity contribution in [2.75, 3.05) is 26.4 Å². The molecule has 0 spiro atoms. The summed E-state index contributed by atoms with van der Waals surface area (Å²) in [6.07, 6.45) is 0. The summed E-state index contributed by atoms with van der Waals surface area (Å²) in [7, 11) is 0.538. The number of nitrogens with one attached hydrogen (secondary N) is 1. The molecule has 0 unspecified atom stereocenters. The molecule has 1 rings (SSSR count). The summed E-state index contributed by atoms with van der Waals surface area (Å²) in [5.41, 5.74) is 0.0689. The van der Waals surface area contributed by atoms with Gasteiger partial charge >= 0.3 is 0 Å². The minimum Gasteiger partial charge on any atom is -0.349 e. The van der Waals surface area contributed by atoms with E-state index in [-0.39, 0.29) is 33.6 Å².